The predicted molar refractivity (Wildman–Crippen MR) is 90.0 cm³/mol. The average Bonchev–Trinajstić information content (AvgIpc) is 2.89. The Morgan fingerprint density at radius 1 is 1.48 bits per heavy atom. The molecule has 1 aromatic rings. The van der Waals surface area contributed by atoms with Crippen LogP contribution in [0.2, 0.25) is 0 Å². The van der Waals surface area contributed by atoms with Gasteiger partial charge >= 0.3 is 0 Å². The number of nitrogens with zero attached hydrogens (tertiary/aromatic N) is 2. The highest BCUT2D eigenvalue weighted by molar-refractivity contribution is 7.09. The van der Waals surface area contributed by atoms with Crippen LogP contribution in [0.3, 0.4) is 0 Å². The van der Waals surface area contributed by atoms with Crippen LogP contribution in [0.25, 0.3) is 0 Å². The Hall–Kier alpha value is -0.650. The fourth-order valence-corrected chi connectivity index (χ4v) is 3.13. The fraction of sp³-hybridized carbons (Fsp3) is 0.733. The normalized spacial score (nSPS) is 11.3. The molecule has 4 nitrogen and oxygen atoms in total. The van der Waals surface area contributed by atoms with E-state index in [1.807, 2.05) is 19.2 Å². The van der Waals surface area contributed by atoms with Gasteiger partial charge in [0.25, 0.3) is 0 Å². The minimum absolute atomic E-state index is 0.110. The van der Waals surface area contributed by atoms with E-state index in [0.717, 1.165) is 43.1 Å². The third-order valence-corrected chi connectivity index (χ3v) is 4.35. The van der Waals surface area contributed by atoms with E-state index < -0.39 is 0 Å². The molecule has 0 fully saturated rings. The van der Waals surface area contributed by atoms with E-state index in [0.29, 0.717) is 12.4 Å². The molecule has 0 aliphatic carbocycles. The Balaban J connectivity index is 2.21. The van der Waals surface area contributed by atoms with Crippen molar-refractivity contribution in [3.8, 4) is 0 Å². The lowest BCUT2D eigenvalue weighted by Crippen LogP contribution is -2.40. The standard InChI is InChI=1S/C15H26ClN3OS/c1-4-19(10-14(20)17-12(2)3)8-6-5-7-15-18-13(9-16)11-21-15/h11-12H,4-10H2,1-3H3,(H,17,20). The first-order chi connectivity index (χ1) is 10.0. The van der Waals surface area contributed by atoms with Crippen molar-refractivity contribution in [1.82, 2.24) is 15.2 Å². The van der Waals surface area contributed by atoms with Crippen molar-refractivity contribution in [3.05, 3.63) is 16.1 Å². The number of unbranched alkanes of at least 4 members (excludes halogenated alkanes) is 1. The van der Waals surface area contributed by atoms with E-state index in [9.17, 15) is 4.79 Å². The molecule has 0 atom stereocenters. The van der Waals surface area contributed by atoms with Crippen LogP contribution in [0.1, 0.15) is 44.3 Å². The molecule has 0 saturated carbocycles. The van der Waals surface area contributed by atoms with Gasteiger partial charge in [0.1, 0.15) is 0 Å². The number of aryl methyl sites for hydroxylation is 1. The van der Waals surface area contributed by atoms with Crippen LogP contribution in [0, 0.1) is 0 Å². The molecular weight excluding hydrogens is 306 g/mol. The largest absolute Gasteiger partial charge is 0.353 e. The summed E-state index contributed by atoms with van der Waals surface area (Å²) in [5.41, 5.74) is 0.970. The molecule has 21 heavy (non-hydrogen) atoms. The highest BCUT2D eigenvalue weighted by Crippen LogP contribution is 2.14. The van der Waals surface area contributed by atoms with E-state index in [1.54, 1.807) is 11.3 Å². The van der Waals surface area contributed by atoms with Crippen molar-refractivity contribution in [1.29, 1.82) is 0 Å². The number of carbonyl (C=O) groups is 1. The van der Waals surface area contributed by atoms with Gasteiger partial charge < -0.3 is 5.32 Å². The van der Waals surface area contributed by atoms with Gasteiger partial charge in [0.2, 0.25) is 5.91 Å². The molecule has 0 spiro atoms. The molecule has 0 bridgehead atoms. The second-order valence-electron chi connectivity index (χ2n) is 5.41. The summed E-state index contributed by atoms with van der Waals surface area (Å²) in [6.45, 7) is 8.40. The Labute approximate surface area is 136 Å². The molecule has 0 aliphatic rings. The first kappa shape index (κ1) is 18.4. The van der Waals surface area contributed by atoms with Crippen LogP contribution in [0.15, 0.2) is 5.38 Å². The maximum Gasteiger partial charge on any atom is 0.234 e. The molecule has 0 radical (unpaired) electrons. The van der Waals surface area contributed by atoms with Crippen LogP contribution < -0.4 is 5.32 Å². The second kappa shape index (κ2) is 10.1. The van der Waals surface area contributed by atoms with Crippen LogP contribution in [-0.4, -0.2) is 41.5 Å². The van der Waals surface area contributed by atoms with Gasteiger partial charge in [-0.2, -0.15) is 0 Å². The lowest BCUT2D eigenvalue weighted by atomic mass is 10.2. The summed E-state index contributed by atoms with van der Waals surface area (Å²) >= 11 is 7.43. The molecule has 0 aliphatic heterocycles. The summed E-state index contributed by atoms with van der Waals surface area (Å²) < 4.78 is 0. The van der Waals surface area contributed by atoms with E-state index in [2.05, 4.69) is 22.1 Å². The van der Waals surface area contributed by atoms with E-state index >= 15 is 0 Å². The Kier molecular flexibility index (Phi) is 8.88. The van der Waals surface area contributed by atoms with Gasteiger partial charge in [-0.05, 0) is 46.2 Å². The van der Waals surface area contributed by atoms with Crippen molar-refractivity contribution >= 4 is 28.8 Å². The topological polar surface area (TPSA) is 45.2 Å². The molecular formula is C15H26ClN3OS. The molecule has 1 amide bonds. The lowest BCUT2D eigenvalue weighted by Gasteiger charge is -2.20. The molecule has 0 unspecified atom stereocenters. The SMILES string of the molecule is CCN(CCCCc1nc(CCl)cs1)CC(=O)NC(C)C. The molecule has 120 valence electrons. The summed E-state index contributed by atoms with van der Waals surface area (Å²) in [5, 5.41) is 6.11. The summed E-state index contributed by atoms with van der Waals surface area (Å²) in [6, 6.07) is 0.206. The summed E-state index contributed by atoms with van der Waals surface area (Å²) in [7, 11) is 0. The number of hydrogen-bond acceptors (Lipinski definition) is 4. The monoisotopic (exact) mass is 331 g/mol. The number of hydrogen-bond donors (Lipinski definition) is 1. The molecule has 1 rings (SSSR count). The minimum atomic E-state index is 0.110. The number of nitrogens with one attached hydrogen (secondary N) is 1. The summed E-state index contributed by atoms with van der Waals surface area (Å²) in [6.07, 6.45) is 3.17. The Bertz CT molecular complexity index is 423. The number of carbonyl (C=O) groups excluding carboxylic acids is 1. The maximum absolute atomic E-state index is 11.7. The van der Waals surface area contributed by atoms with Gasteiger partial charge in [0.05, 0.1) is 23.1 Å². The van der Waals surface area contributed by atoms with Gasteiger partial charge in [0, 0.05) is 11.4 Å². The van der Waals surface area contributed by atoms with Crippen molar-refractivity contribution in [2.75, 3.05) is 19.6 Å². The van der Waals surface area contributed by atoms with Gasteiger partial charge in [-0.1, -0.05) is 6.92 Å². The van der Waals surface area contributed by atoms with Gasteiger partial charge in [-0.25, -0.2) is 4.98 Å². The highest BCUT2D eigenvalue weighted by atomic mass is 35.5. The van der Waals surface area contributed by atoms with Crippen molar-refractivity contribution < 1.29 is 4.79 Å². The van der Waals surface area contributed by atoms with Crippen LogP contribution >= 0.6 is 22.9 Å². The van der Waals surface area contributed by atoms with Crippen LogP contribution in [0.5, 0.6) is 0 Å². The van der Waals surface area contributed by atoms with Crippen molar-refractivity contribution in [2.24, 2.45) is 0 Å². The van der Waals surface area contributed by atoms with Gasteiger partial charge in [-0.3, -0.25) is 9.69 Å². The van der Waals surface area contributed by atoms with E-state index in [-0.39, 0.29) is 11.9 Å². The first-order valence-electron chi connectivity index (χ1n) is 7.56. The molecule has 0 saturated heterocycles. The summed E-state index contributed by atoms with van der Waals surface area (Å²) in [5.74, 6) is 0.601. The number of amides is 1. The first-order valence-corrected chi connectivity index (χ1v) is 8.97. The Morgan fingerprint density at radius 3 is 2.81 bits per heavy atom. The second-order valence-corrected chi connectivity index (χ2v) is 6.62. The van der Waals surface area contributed by atoms with Crippen molar-refractivity contribution in [2.45, 2.75) is 52.0 Å². The number of likely N-dealkylation sites (N-methyl/N-ethyl adjacent to an activating group) is 1. The molecule has 1 aromatic heterocycles. The number of rotatable bonds is 10. The van der Waals surface area contributed by atoms with Gasteiger partial charge in [0.15, 0.2) is 0 Å². The zero-order valence-electron chi connectivity index (χ0n) is 13.2. The third-order valence-electron chi connectivity index (χ3n) is 3.12. The average molecular weight is 332 g/mol. The highest BCUT2D eigenvalue weighted by Gasteiger charge is 2.09. The number of aromatic nitrogens is 1. The molecule has 1 N–H and O–H groups in total. The lowest BCUT2D eigenvalue weighted by molar-refractivity contribution is -0.122. The molecule has 0 aromatic carbocycles. The van der Waals surface area contributed by atoms with Crippen LogP contribution in [-0.2, 0) is 17.1 Å². The van der Waals surface area contributed by atoms with Gasteiger partial charge in [-0.15, -0.1) is 22.9 Å². The van der Waals surface area contributed by atoms with Crippen molar-refractivity contribution in [3.63, 3.8) is 0 Å². The van der Waals surface area contributed by atoms with E-state index in [1.165, 1.54) is 0 Å². The van der Waals surface area contributed by atoms with Crippen LogP contribution in [0.4, 0.5) is 0 Å². The number of alkyl halides is 1. The predicted octanol–water partition coefficient (Wildman–Crippen LogP) is 3.05. The number of thiazole rings is 1. The third kappa shape index (κ3) is 7.79. The fourth-order valence-electron chi connectivity index (χ4n) is 2.06. The quantitative estimate of drug-likeness (QED) is 0.529. The number of halogens is 1. The minimum Gasteiger partial charge on any atom is -0.353 e. The molecule has 6 heteroatoms. The zero-order chi connectivity index (χ0) is 15.7. The molecule has 1 heterocycles. The zero-order valence-corrected chi connectivity index (χ0v) is 14.8. The Morgan fingerprint density at radius 2 is 2.24 bits per heavy atom. The smallest absolute Gasteiger partial charge is 0.234 e. The summed E-state index contributed by atoms with van der Waals surface area (Å²) in [4.78, 5) is 18.4. The maximum atomic E-state index is 11.7. The van der Waals surface area contributed by atoms with E-state index in [4.69, 9.17) is 11.6 Å².